The van der Waals surface area contributed by atoms with Gasteiger partial charge in [-0.3, -0.25) is 9.71 Å². The molecule has 8 nitrogen and oxygen atoms in total. The molecule has 3 heterocycles. The summed E-state index contributed by atoms with van der Waals surface area (Å²) >= 11 is 6.06. The van der Waals surface area contributed by atoms with E-state index < -0.39 is 15.8 Å². The van der Waals surface area contributed by atoms with E-state index in [0.717, 1.165) is 17.0 Å². The van der Waals surface area contributed by atoms with E-state index in [1.54, 1.807) is 32.3 Å². The molecule has 174 valence electrons. The number of rotatable bonds is 5. The number of hydrogen-bond donors (Lipinski definition) is 2. The van der Waals surface area contributed by atoms with Crippen LogP contribution >= 0.6 is 11.6 Å². The molecule has 0 radical (unpaired) electrons. The van der Waals surface area contributed by atoms with Crippen LogP contribution in [0, 0.1) is 12.7 Å². The van der Waals surface area contributed by atoms with Crippen molar-refractivity contribution in [2.24, 2.45) is 4.99 Å². The van der Waals surface area contributed by atoms with E-state index in [2.05, 4.69) is 25.0 Å². The molecule has 2 aliphatic heterocycles. The number of sulfonamides is 1. The van der Waals surface area contributed by atoms with E-state index in [1.165, 1.54) is 24.3 Å². The molecule has 0 saturated carbocycles. The van der Waals surface area contributed by atoms with Gasteiger partial charge >= 0.3 is 0 Å². The highest BCUT2D eigenvalue weighted by atomic mass is 35.5. The van der Waals surface area contributed by atoms with Gasteiger partial charge < -0.3 is 10.2 Å². The Morgan fingerprint density at radius 2 is 2.00 bits per heavy atom. The maximum Gasteiger partial charge on any atom is 0.263 e. The third-order valence-electron chi connectivity index (χ3n) is 5.63. The van der Waals surface area contributed by atoms with E-state index in [9.17, 15) is 12.8 Å². The van der Waals surface area contributed by atoms with Crippen molar-refractivity contribution in [3.63, 3.8) is 0 Å². The maximum atomic E-state index is 14.9. The molecule has 1 aromatic heterocycles. The second kappa shape index (κ2) is 8.37. The summed E-state index contributed by atoms with van der Waals surface area (Å²) in [7, 11) is -2.36. The van der Waals surface area contributed by atoms with Crippen molar-refractivity contribution in [3.8, 4) is 0 Å². The number of hydrogen-bond acceptors (Lipinski definition) is 7. The zero-order valence-corrected chi connectivity index (χ0v) is 19.9. The summed E-state index contributed by atoms with van der Waals surface area (Å²) in [5.74, 6) is 1.23. The summed E-state index contributed by atoms with van der Waals surface area (Å²) < 4.78 is 43.1. The molecule has 2 aliphatic rings. The van der Waals surface area contributed by atoms with Crippen LogP contribution in [0.5, 0.6) is 0 Å². The summed E-state index contributed by atoms with van der Waals surface area (Å²) in [4.78, 5) is 15.4. The Morgan fingerprint density at radius 3 is 2.76 bits per heavy atom. The SMILES string of the molecule is CNc1ncc2c(n1)N1CCN=C1C(c1cc(NS(=O)(=O)c3ccccc3Cl)c(F)cc1C)=C2. The van der Waals surface area contributed by atoms with Crippen LogP contribution in [0.15, 0.2) is 52.5 Å². The van der Waals surface area contributed by atoms with Gasteiger partial charge in [0.1, 0.15) is 22.4 Å². The average Bonchev–Trinajstić information content (AvgIpc) is 3.31. The molecule has 0 fully saturated rings. The molecule has 5 rings (SSSR count). The first-order chi connectivity index (χ1) is 16.3. The zero-order valence-electron chi connectivity index (χ0n) is 18.3. The highest BCUT2D eigenvalue weighted by molar-refractivity contribution is 7.92. The number of halogens is 2. The summed E-state index contributed by atoms with van der Waals surface area (Å²) in [5.41, 5.74) is 2.62. The monoisotopic (exact) mass is 498 g/mol. The molecule has 3 aromatic rings. The molecule has 0 atom stereocenters. The van der Waals surface area contributed by atoms with Gasteiger partial charge in [0.25, 0.3) is 10.0 Å². The van der Waals surface area contributed by atoms with E-state index >= 15 is 0 Å². The molecule has 0 spiro atoms. The first kappa shape index (κ1) is 22.3. The Morgan fingerprint density at radius 1 is 1.21 bits per heavy atom. The lowest BCUT2D eigenvalue weighted by atomic mass is 9.94. The number of aromatic nitrogens is 2. The lowest BCUT2D eigenvalue weighted by Crippen LogP contribution is -2.32. The van der Waals surface area contributed by atoms with Gasteiger partial charge in [-0.15, -0.1) is 0 Å². The summed E-state index contributed by atoms with van der Waals surface area (Å²) in [6.07, 6.45) is 3.60. The van der Waals surface area contributed by atoms with Crippen molar-refractivity contribution < 1.29 is 12.8 Å². The Balaban J connectivity index is 1.60. The molecule has 0 bridgehead atoms. The molecule has 0 saturated heterocycles. The van der Waals surface area contributed by atoms with E-state index in [1.807, 2.05) is 11.0 Å². The van der Waals surface area contributed by atoms with E-state index in [-0.39, 0.29) is 15.6 Å². The predicted molar refractivity (Wildman–Crippen MR) is 132 cm³/mol. The van der Waals surface area contributed by atoms with Gasteiger partial charge in [-0.2, -0.15) is 4.98 Å². The van der Waals surface area contributed by atoms with Crippen LogP contribution in [0.1, 0.15) is 16.7 Å². The third-order valence-corrected chi connectivity index (χ3v) is 7.50. The second-order valence-corrected chi connectivity index (χ2v) is 9.88. The lowest BCUT2D eigenvalue weighted by Gasteiger charge is -2.28. The minimum Gasteiger partial charge on any atom is -0.357 e. The molecule has 2 N–H and O–H groups in total. The smallest absolute Gasteiger partial charge is 0.263 e. The largest absolute Gasteiger partial charge is 0.357 e. The van der Waals surface area contributed by atoms with Gasteiger partial charge in [-0.1, -0.05) is 23.7 Å². The molecule has 0 aliphatic carbocycles. The Labute approximate surface area is 201 Å². The summed E-state index contributed by atoms with van der Waals surface area (Å²) in [6.45, 7) is 2.99. The predicted octanol–water partition coefficient (Wildman–Crippen LogP) is 4.19. The average molecular weight is 499 g/mol. The number of fused-ring (bicyclic) bond motifs is 3. The maximum absolute atomic E-state index is 14.9. The molecule has 2 aromatic carbocycles. The molecule has 11 heteroatoms. The highest BCUT2D eigenvalue weighted by Crippen LogP contribution is 2.38. The topological polar surface area (TPSA) is 99.6 Å². The normalized spacial score (nSPS) is 14.8. The quantitative estimate of drug-likeness (QED) is 0.547. The number of benzene rings is 2. The van der Waals surface area contributed by atoms with Crippen LogP contribution in [0.3, 0.4) is 0 Å². The van der Waals surface area contributed by atoms with Crippen LogP contribution < -0.4 is 14.9 Å². The fourth-order valence-corrected chi connectivity index (χ4v) is 5.61. The minimum atomic E-state index is -4.11. The van der Waals surface area contributed by atoms with Crippen molar-refractivity contribution in [2.75, 3.05) is 35.1 Å². The fourth-order valence-electron chi connectivity index (χ4n) is 4.03. The van der Waals surface area contributed by atoms with Crippen LogP contribution in [-0.4, -0.2) is 44.4 Å². The molecular formula is C23H20ClFN6O2S. The van der Waals surface area contributed by atoms with Crippen molar-refractivity contribution in [1.29, 1.82) is 0 Å². The van der Waals surface area contributed by atoms with E-state index in [4.69, 9.17) is 11.6 Å². The van der Waals surface area contributed by atoms with Crippen molar-refractivity contribution in [3.05, 3.63) is 70.1 Å². The van der Waals surface area contributed by atoms with Crippen LogP contribution in [0.4, 0.5) is 21.8 Å². The Bertz CT molecular complexity index is 1490. The number of nitrogens with zero attached hydrogens (tertiary/aromatic N) is 4. The highest BCUT2D eigenvalue weighted by Gasteiger charge is 2.31. The van der Waals surface area contributed by atoms with Gasteiger partial charge in [-0.05, 0) is 48.4 Å². The third kappa shape index (κ3) is 3.78. The lowest BCUT2D eigenvalue weighted by molar-refractivity contribution is 0.598. The summed E-state index contributed by atoms with van der Waals surface area (Å²) in [6, 6.07) is 8.79. The van der Waals surface area contributed by atoms with Crippen molar-refractivity contribution in [1.82, 2.24) is 9.97 Å². The second-order valence-electron chi connectivity index (χ2n) is 7.82. The molecule has 34 heavy (non-hydrogen) atoms. The molecule has 0 unspecified atom stereocenters. The fraction of sp³-hybridized carbons (Fsp3) is 0.174. The van der Waals surface area contributed by atoms with Gasteiger partial charge in [0.15, 0.2) is 0 Å². The number of anilines is 3. The first-order valence-corrected chi connectivity index (χ1v) is 12.3. The van der Waals surface area contributed by atoms with Crippen molar-refractivity contribution >= 4 is 56.6 Å². The van der Waals surface area contributed by atoms with Crippen LogP contribution in [0.25, 0.3) is 11.6 Å². The van der Waals surface area contributed by atoms with Gasteiger partial charge in [0.2, 0.25) is 5.95 Å². The first-order valence-electron chi connectivity index (χ1n) is 10.4. The number of nitrogens with one attached hydrogen (secondary N) is 2. The zero-order chi connectivity index (χ0) is 24.0. The summed E-state index contributed by atoms with van der Waals surface area (Å²) in [5, 5.41) is 2.98. The standard InChI is InChI=1S/C23H20ClFN6O2S/c1-13-9-18(25)19(30-34(32,33)20-6-4-3-5-17(20)24)11-15(13)16-10-14-12-28-23(26-2)29-21(14)31-8-7-27-22(16)31/h3-6,9-12,30H,7-8H2,1-2H3,(H,26,28,29). The Kier molecular flexibility index (Phi) is 5.49. The number of aryl methyl sites for hydroxylation is 1. The minimum absolute atomic E-state index is 0.0474. The number of amidine groups is 1. The van der Waals surface area contributed by atoms with Crippen LogP contribution in [0.2, 0.25) is 5.02 Å². The van der Waals surface area contributed by atoms with Crippen molar-refractivity contribution in [2.45, 2.75) is 11.8 Å². The number of aliphatic imine (C=N–C) groups is 1. The van der Waals surface area contributed by atoms with Gasteiger partial charge in [-0.25, -0.2) is 17.8 Å². The Hall–Kier alpha value is -3.50. The van der Waals surface area contributed by atoms with E-state index in [0.29, 0.717) is 36.0 Å². The van der Waals surface area contributed by atoms with Gasteiger partial charge in [0, 0.05) is 30.9 Å². The van der Waals surface area contributed by atoms with Gasteiger partial charge in [0.05, 0.1) is 17.3 Å². The molecule has 0 amide bonds. The molecular weight excluding hydrogens is 479 g/mol. The van der Waals surface area contributed by atoms with Crippen LogP contribution in [-0.2, 0) is 10.0 Å².